The third kappa shape index (κ3) is 3.56. The second-order valence-electron chi connectivity index (χ2n) is 4.31. The van der Waals surface area contributed by atoms with Crippen molar-refractivity contribution in [2.45, 2.75) is 13.5 Å². The number of ether oxygens (including phenoxy) is 1. The van der Waals surface area contributed by atoms with Crippen molar-refractivity contribution >= 4 is 11.6 Å². The summed E-state index contributed by atoms with van der Waals surface area (Å²) in [5.74, 6) is 0. The van der Waals surface area contributed by atoms with E-state index < -0.39 is 0 Å². The van der Waals surface area contributed by atoms with Gasteiger partial charge < -0.3 is 10.1 Å². The predicted octanol–water partition coefficient (Wildman–Crippen LogP) is 2.57. The standard InChI is InChI=1S/C14H18ClN3O/c1-11-6-8-18(17-11)14-5-3-4-13(15)12(14)10-16-7-9-19-2/h3-6,8,16H,7,9-10H2,1-2H3. The number of benzene rings is 1. The molecule has 0 aliphatic heterocycles. The molecule has 0 unspecified atom stereocenters. The number of nitrogens with one attached hydrogen (secondary N) is 1. The Hall–Kier alpha value is -1.36. The second-order valence-corrected chi connectivity index (χ2v) is 4.72. The lowest BCUT2D eigenvalue weighted by Gasteiger charge is -2.12. The number of hydrogen-bond acceptors (Lipinski definition) is 3. The maximum atomic E-state index is 6.29. The highest BCUT2D eigenvalue weighted by Gasteiger charge is 2.09. The summed E-state index contributed by atoms with van der Waals surface area (Å²) in [6.07, 6.45) is 1.94. The lowest BCUT2D eigenvalue weighted by Crippen LogP contribution is -2.20. The average Bonchev–Trinajstić information content (AvgIpc) is 2.82. The van der Waals surface area contributed by atoms with Gasteiger partial charge in [0.1, 0.15) is 0 Å². The van der Waals surface area contributed by atoms with Crippen molar-refractivity contribution in [3.63, 3.8) is 0 Å². The van der Waals surface area contributed by atoms with E-state index in [1.54, 1.807) is 7.11 Å². The summed E-state index contributed by atoms with van der Waals surface area (Å²) in [6.45, 7) is 4.13. The lowest BCUT2D eigenvalue weighted by atomic mass is 10.1. The molecular weight excluding hydrogens is 262 g/mol. The fourth-order valence-corrected chi connectivity index (χ4v) is 2.11. The molecule has 0 saturated heterocycles. The third-order valence-corrected chi connectivity index (χ3v) is 3.20. The van der Waals surface area contributed by atoms with E-state index in [-0.39, 0.29) is 0 Å². The predicted molar refractivity (Wildman–Crippen MR) is 76.9 cm³/mol. The van der Waals surface area contributed by atoms with Crippen LogP contribution in [0.2, 0.25) is 5.02 Å². The van der Waals surface area contributed by atoms with E-state index in [9.17, 15) is 0 Å². The van der Waals surface area contributed by atoms with Crippen molar-refractivity contribution in [2.75, 3.05) is 20.3 Å². The van der Waals surface area contributed by atoms with E-state index in [0.717, 1.165) is 28.5 Å². The number of nitrogens with zero attached hydrogens (tertiary/aromatic N) is 2. The molecule has 2 aromatic rings. The Bertz CT molecular complexity index is 539. The Morgan fingerprint density at radius 3 is 2.89 bits per heavy atom. The van der Waals surface area contributed by atoms with Gasteiger partial charge in [0.15, 0.2) is 0 Å². The van der Waals surface area contributed by atoms with Crippen LogP contribution < -0.4 is 5.32 Å². The van der Waals surface area contributed by atoms with Gasteiger partial charge in [0, 0.05) is 37.0 Å². The van der Waals surface area contributed by atoms with Crippen molar-refractivity contribution in [3.8, 4) is 5.69 Å². The normalized spacial score (nSPS) is 10.9. The summed E-state index contributed by atoms with van der Waals surface area (Å²) in [5, 5.41) is 8.49. The average molecular weight is 280 g/mol. The number of methoxy groups -OCH3 is 1. The van der Waals surface area contributed by atoms with Gasteiger partial charge in [0.2, 0.25) is 0 Å². The molecule has 0 saturated carbocycles. The fraction of sp³-hybridized carbons (Fsp3) is 0.357. The highest BCUT2D eigenvalue weighted by Crippen LogP contribution is 2.23. The molecule has 2 rings (SSSR count). The number of halogens is 1. The molecule has 1 N–H and O–H groups in total. The van der Waals surface area contributed by atoms with E-state index in [4.69, 9.17) is 16.3 Å². The third-order valence-electron chi connectivity index (χ3n) is 2.85. The van der Waals surface area contributed by atoms with Gasteiger partial charge in [-0.3, -0.25) is 0 Å². The van der Waals surface area contributed by atoms with Crippen LogP contribution in [0.1, 0.15) is 11.3 Å². The maximum absolute atomic E-state index is 6.29. The molecule has 0 amide bonds. The Morgan fingerprint density at radius 1 is 1.37 bits per heavy atom. The van der Waals surface area contributed by atoms with Gasteiger partial charge in [0.05, 0.1) is 18.0 Å². The van der Waals surface area contributed by atoms with Crippen LogP contribution in [0.5, 0.6) is 0 Å². The van der Waals surface area contributed by atoms with Gasteiger partial charge in [-0.25, -0.2) is 4.68 Å². The first-order valence-electron chi connectivity index (χ1n) is 6.22. The van der Waals surface area contributed by atoms with Gasteiger partial charge in [-0.05, 0) is 25.1 Å². The number of aryl methyl sites for hydroxylation is 1. The van der Waals surface area contributed by atoms with Crippen molar-refractivity contribution in [1.29, 1.82) is 0 Å². The van der Waals surface area contributed by atoms with Crippen molar-refractivity contribution in [1.82, 2.24) is 15.1 Å². The van der Waals surface area contributed by atoms with Gasteiger partial charge in [0.25, 0.3) is 0 Å². The Labute approximate surface area is 118 Å². The first kappa shape index (κ1) is 14.1. The quantitative estimate of drug-likeness (QED) is 0.826. The molecule has 0 bridgehead atoms. The Balaban J connectivity index is 2.21. The van der Waals surface area contributed by atoms with Crippen LogP contribution in [-0.2, 0) is 11.3 Å². The first-order valence-corrected chi connectivity index (χ1v) is 6.60. The summed E-state index contributed by atoms with van der Waals surface area (Å²) in [4.78, 5) is 0. The molecule has 0 fully saturated rings. The summed E-state index contributed by atoms with van der Waals surface area (Å²) in [5.41, 5.74) is 3.03. The maximum Gasteiger partial charge on any atom is 0.0705 e. The van der Waals surface area contributed by atoms with E-state index in [1.807, 2.05) is 42.1 Å². The van der Waals surface area contributed by atoms with E-state index in [2.05, 4.69) is 10.4 Å². The molecule has 0 aliphatic rings. The molecule has 5 heteroatoms. The molecule has 0 spiro atoms. The monoisotopic (exact) mass is 279 g/mol. The molecule has 19 heavy (non-hydrogen) atoms. The summed E-state index contributed by atoms with van der Waals surface area (Å²) in [6, 6.07) is 7.83. The highest BCUT2D eigenvalue weighted by atomic mass is 35.5. The molecular formula is C14H18ClN3O. The minimum absolute atomic E-state index is 0.681. The molecule has 4 nitrogen and oxygen atoms in total. The van der Waals surface area contributed by atoms with Crippen LogP contribution in [0.4, 0.5) is 0 Å². The number of rotatable bonds is 6. The van der Waals surface area contributed by atoms with Gasteiger partial charge >= 0.3 is 0 Å². The highest BCUT2D eigenvalue weighted by molar-refractivity contribution is 6.31. The summed E-state index contributed by atoms with van der Waals surface area (Å²) >= 11 is 6.29. The van der Waals surface area contributed by atoms with E-state index in [1.165, 1.54) is 0 Å². The molecule has 1 heterocycles. The Morgan fingerprint density at radius 2 is 2.21 bits per heavy atom. The summed E-state index contributed by atoms with van der Waals surface area (Å²) < 4.78 is 6.87. The van der Waals surface area contributed by atoms with Crippen molar-refractivity contribution in [2.24, 2.45) is 0 Å². The van der Waals surface area contributed by atoms with Crippen LogP contribution in [0.3, 0.4) is 0 Å². The van der Waals surface area contributed by atoms with Gasteiger partial charge in [-0.15, -0.1) is 0 Å². The lowest BCUT2D eigenvalue weighted by molar-refractivity contribution is 0.199. The van der Waals surface area contributed by atoms with Crippen LogP contribution in [0, 0.1) is 6.92 Å². The second kappa shape index (κ2) is 6.70. The number of hydrogen-bond donors (Lipinski definition) is 1. The largest absolute Gasteiger partial charge is 0.383 e. The minimum atomic E-state index is 0.681. The SMILES string of the molecule is COCCNCc1c(Cl)cccc1-n1ccc(C)n1. The van der Waals surface area contributed by atoms with Crippen LogP contribution >= 0.6 is 11.6 Å². The molecule has 0 atom stereocenters. The first-order chi connectivity index (χ1) is 9.22. The van der Waals surface area contributed by atoms with E-state index >= 15 is 0 Å². The van der Waals surface area contributed by atoms with Crippen LogP contribution in [0.15, 0.2) is 30.5 Å². The van der Waals surface area contributed by atoms with Crippen molar-refractivity contribution in [3.05, 3.63) is 46.7 Å². The summed E-state index contributed by atoms with van der Waals surface area (Å²) in [7, 11) is 1.69. The molecule has 0 aliphatic carbocycles. The van der Waals surface area contributed by atoms with Crippen molar-refractivity contribution < 1.29 is 4.74 Å². The topological polar surface area (TPSA) is 39.1 Å². The molecule has 1 aromatic carbocycles. The molecule has 102 valence electrons. The van der Waals surface area contributed by atoms with Crippen LogP contribution in [-0.4, -0.2) is 30.0 Å². The van der Waals surface area contributed by atoms with Gasteiger partial charge in [-0.1, -0.05) is 17.7 Å². The van der Waals surface area contributed by atoms with E-state index in [0.29, 0.717) is 13.2 Å². The van der Waals surface area contributed by atoms with Crippen LogP contribution in [0.25, 0.3) is 5.69 Å². The molecule has 0 radical (unpaired) electrons. The zero-order chi connectivity index (χ0) is 13.7. The number of aromatic nitrogens is 2. The zero-order valence-electron chi connectivity index (χ0n) is 11.2. The Kier molecular flexibility index (Phi) is 4.96. The fourth-order valence-electron chi connectivity index (χ4n) is 1.87. The minimum Gasteiger partial charge on any atom is -0.383 e. The molecule has 1 aromatic heterocycles. The van der Waals surface area contributed by atoms with Gasteiger partial charge in [-0.2, -0.15) is 5.10 Å². The smallest absolute Gasteiger partial charge is 0.0705 e. The zero-order valence-corrected chi connectivity index (χ0v) is 11.9.